The van der Waals surface area contributed by atoms with Gasteiger partial charge in [0.25, 0.3) is 0 Å². The minimum absolute atomic E-state index is 0.197. The fraction of sp³-hybridized carbons (Fsp3) is 0.333. The summed E-state index contributed by atoms with van der Waals surface area (Å²) in [5.74, 6) is 0.254. The number of nitrogens with zero attached hydrogens (tertiary/aromatic N) is 2. The summed E-state index contributed by atoms with van der Waals surface area (Å²) >= 11 is -1.47. The lowest BCUT2D eigenvalue weighted by molar-refractivity contribution is -0.114. The molecule has 2 aromatic rings. The number of amides is 1. The van der Waals surface area contributed by atoms with Gasteiger partial charge in [0.15, 0.2) is 4.90 Å². The zero-order valence-corrected chi connectivity index (χ0v) is 14.6. The maximum absolute atomic E-state index is 12.5. The summed E-state index contributed by atoms with van der Waals surface area (Å²) in [6.07, 6.45) is 0. The second-order valence-electron chi connectivity index (χ2n) is 5.08. The first-order valence-electron chi connectivity index (χ1n) is 6.97. The molecule has 23 heavy (non-hydrogen) atoms. The van der Waals surface area contributed by atoms with Gasteiger partial charge in [0.2, 0.25) is 5.91 Å². The van der Waals surface area contributed by atoms with Gasteiger partial charge < -0.3 is 14.6 Å². The summed E-state index contributed by atoms with van der Waals surface area (Å²) in [5.41, 5.74) is 2.96. The molecule has 2 N–H and O–H groups in total. The van der Waals surface area contributed by atoms with Crippen molar-refractivity contribution in [1.82, 2.24) is 9.78 Å². The molecule has 0 aliphatic rings. The SMILES string of the molecule is COc1cc([S+]([O-])Nc2c(C)nn(C)c2C)ccc1NC(C)=O. The molecular formula is C15H20N4O3S. The molecule has 0 aliphatic heterocycles. The van der Waals surface area contributed by atoms with Gasteiger partial charge in [-0.2, -0.15) is 9.82 Å². The van der Waals surface area contributed by atoms with Crippen LogP contribution in [0.3, 0.4) is 0 Å². The van der Waals surface area contributed by atoms with Gasteiger partial charge in [0.1, 0.15) is 22.8 Å². The molecule has 0 fully saturated rings. The van der Waals surface area contributed by atoms with Crippen LogP contribution in [0.1, 0.15) is 18.3 Å². The number of benzene rings is 1. The van der Waals surface area contributed by atoms with Gasteiger partial charge in [0, 0.05) is 20.0 Å². The maximum atomic E-state index is 12.5. The fourth-order valence-corrected chi connectivity index (χ4v) is 3.16. The van der Waals surface area contributed by atoms with Crippen molar-refractivity contribution in [1.29, 1.82) is 0 Å². The van der Waals surface area contributed by atoms with Crippen molar-refractivity contribution in [2.75, 3.05) is 17.1 Å². The fourth-order valence-electron chi connectivity index (χ4n) is 2.15. The molecule has 0 spiro atoms. The number of aromatic nitrogens is 2. The Morgan fingerprint density at radius 2 is 2.09 bits per heavy atom. The molecule has 1 atom stereocenters. The van der Waals surface area contributed by atoms with Crippen molar-refractivity contribution in [2.24, 2.45) is 7.05 Å². The summed E-state index contributed by atoms with van der Waals surface area (Å²) in [6.45, 7) is 5.17. The van der Waals surface area contributed by atoms with E-state index in [1.807, 2.05) is 20.9 Å². The highest BCUT2D eigenvalue weighted by molar-refractivity contribution is 7.92. The summed E-state index contributed by atoms with van der Waals surface area (Å²) < 4.78 is 22.5. The van der Waals surface area contributed by atoms with Crippen LogP contribution in [0.25, 0.3) is 0 Å². The van der Waals surface area contributed by atoms with E-state index in [9.17, 15) is 9.35 Å². The Morgan fingerprint density at radius 1 is 1.39 bits per heavy atom. The molecule has 0 saturated carbocycles. The average Bonchev–Trinajstić information content (AvgIpc) is 2.73. The van der Waals surface area contributed by atoms with Crippen LogP contribution in [-0.4, -0.2) is 27.4 Å². The molecule has 1 amide bonds. The molecule has 0 radical (unpaired) electrons. The lowest BCUT2D eigenvalue weighted by Crippen LogP contribution is -2.15. The number of carbonyl (C=O) groups is 1. The molecule has 124 valence electrons. The first-order valence-corrected chi connectivity index (χ1v) is 8.12. The zero-order chi connectivity index (χ0) is 17.1. The van der Waals surface area contributed by atoms with Gasteiger partial charge >= 0.3 is 0 Å². The predicted molar refractivity (Wildman–Crippen MR) is 90.0 cm³/mol. The third-order valence-electron chi connectivity index (χ3n) is 3.40. The Kier molecular flexibility index (Phi) is 5.17. The molecule has 8 heteroatoms. The largest absolute Gasteiger partial charge is 0.588 e. The van der Waals surface area contributed by atoms with Crippen LogP contribution in [0.2, 0.25) is 0 Å². The van der Waals surface area contributed by atoms with Crippen molar-refractivity contribution in [3.05, 3.63) is 29.6 Å². The van der Waals surface area contributed by atoms with Crippen molar-refractivity contribution < 1.29 is 14.1 Å². The number of hydrogen-bond acceptors (Lipinski definition) is 5. The smallest absolute Gasteiger partial charge is 0.221 e. The van der Waals surface area contributed by atoms with Crippen LogP contribution in [0.5, 0.6) is 5.75 Å². The highest BCUT2D eigenvalue weighted by atomic mass is 32.2. The summed E-state index contributed by atoms with van der Waals surface area (Å²) in [7, 11) is 3.33. The van der Waals surface area contributed by atoms with E-state index in [2.05, 4.69) is 15.1 Å². The number of aryl methyl sites for hydroxylation is 2. The summed E-state index contributed by atoms with van der Waals surface area (Å²) in [6, 6.07) is 4.98. The lowest BCUT2D eigenvalue weighted by atomic mass is 10.3. The van der Waals surface area contributed by atoms with E-state index < -0.39 is 11.4 Å². The summed E-state index contributed by atoms with van der Waals surface area (Å²) in [5, 5.41) is 6.95. The van der Waals surface area contributed by atoms with Gasteiger partial charge in [-0.1, -0.05) is 0 Å². The Hall–Kier alpha value is -2.19. The number of nitrogens with one attached hydrogen (secondary N) is 2. The monoisotopic (exact) mass is 336 g/mol. The number of carbonyl (C=O) groups excluding carboxylic acids is 1. The molecule has 1 unspecified atom stereocenters. The van der Waals surface area contributed by atoms with Gasteiger partial charge in [-0.3, -0.25) is 9.48 Å². The Morgan fingerprint density at radius 3 is 2.61 bits per heavy atom. The van der Waals surface area contributed by atoms with Crippen LogP contribution in [0.4, 0.5) is 11.4 Å². The first-order chi connectivity index (χ1) is 10.8. The molecule has 2 rings (SSSR count). The highest BCUT2D eigenvalue weighted by Crippen LogP contribution is 2.29. The van der Waals surface area contributed by atoms with Crippen molar-refractivity contribution in [3.8, 4) is 5.75 Å². The number of methoxy groups -OCH3 is 1. The Labute approximate surface area is 138 Å². The number of anilines is 2. The summed E-state index contributed by atoms with van der Waals surface area (Å²) in [4.78, 5) is 11.7. The van der Waals surface area contributed by atoms with E-state index in [1.54, 1.807) is 22.9 Å². The third-order valence-corrected chi connectivity index (χ3v) is 4.47. The molecule has 7 nitrogen and oxygen atoms in total. The Bertz CT molecular complexity index is 730. The van der Waals surface area contributed by atoms with Crippen LogP contribution in [0.15, 0.2) is 23.1 Å². The molecule has 1 aromatic carbocycles. The number of ether oxygens (including phenoxy) is 1. The van der Waals surface area contributed by atoms with Gasteiger partial charge in [-0.05, 0) is 26.0 Å². The normalized spacial score (nSPS) is 11.9. The Balaban J connectivity index is 2.25. The topological polar surface area (TPSA) is 91.2 Å². The molecule has 1 heterocycles. The molecule has 0 aliphatic carbocycles. The van der Waals surface area contributed by atoms with Crippen LogP contribution in [0, 0.1) is 13.8 Å². The zero-order valence-electron chi connectivity index (χ0n) is 13.8. The van der Waals surface area contributed by atoms with Gasteiger partial charge in [-0.15, -0.1) is 0 Å². The first kappa shape index (κ1) is 17.2. The maximum Gasteiger partial charge on any atom is 0.221 e. The minimum Gasteiger partial charge on any atom is -0.588 e. The van der Waals surface area contributed by atoms with E-state index in [-0.39, 0.29) is 5.91 Å². The average molecular weight is 336 g/mol. The third kappa shape index (κ3) is 3.77. The highest BCUT2D eigenvalue weighted by Gasteiger charge is 2.19. The van der Waals surface area contributed by atoms with Crippen molar-refractivity contribution >= 4 is 28.6 Å². The van der Waals surface area contributed by atoms with Crippen LogP contribution in [-0.2, 0) is 23.2 Å². The quantitative estimate of drug-likeness (QED) is 0.816. The van der Waals surface area contributed by atoms with E-state index in [0.717, 1.165) is 17.1 Å². The minimum atomic E-state index is -1.47. The van der Waals surface area contributed by atoms with E-state index >= 15 is 0 Å². The molecular weight excluding hydrogens is 316 g/mol. The van der Waals surface area contributed by atoms with Crippen LogP contribution < -0.4 is 14.8 Å². The molecule has 1 aromatic heterocycles. The van der Waals surface area contributed by atoms with E-state index in [0.29, 0.717) is 16.3 Å². The van der Waals surface area contributed by atoms with Gasteiger partial charge in [-0.25, -0.2) is 0 Å². The molecule has 0 saturated heterocycles. The van der Waals surface area contributed by atoms with Gasteiger partial charge in [0.05, 0.1) is 24.2 Å². The second kappa shape index (κ2) is 6.93. The lowest BCUT2D eigenvalue weighted by Gasteiger charge is -2.14. The number of rotatable bonds is 5. The van der Waals surface area contributed by atoms with Crippen molar-refractivity contribution in [3.63, 3.8) is 0 Å². The van der Waals surface area contributed by atoms with E-state index in [1.165, 1.54) is 14.0 Å². The predicted octanol–water partition coefficient (Wildman–Crippen LogP) is 2.14. The van der Waals surface area contributed by atoms with Crippen molar-refractivity contribution in [2.45, 2.75) is 25.7 Å². The number of hydrogen-bond donors (Lipinski definition) is 2. The second-order valence-corrected chi connectivity index (χ2v) is 6.30. The molecule has 0 bridgehead atoms. The van der Waals surface area contributed by atoms with Crippen LogP contribution >= 0.6 is 0 Å². The van der Waals surface area contributed by atoms with E-state index in [4.69, 9.17) is 4.74 Å². The standard InChI is InChI=1S/C15H20N4O3S/c1-9-15(10(2)19(4)17-9)18-23(21)12-6-7-13(16-11(3)20)14(8-12)22-5/h6-8,18H,1-5H3,(H,16,20).